The molecule has 0 unspecified atom stereocenters. The van der Waals surface area contributed by atoms with Gasteiger partial charge in [-0.25, -0.2) is 4.68 Å². The van der Waals surface area contributed by atoms with Gasteiger partial charge in [-0.2, -0.15) is 5.10 Å². The minimum absolute atomic E-state index is 0.0967. The monoisotopic (exact) mass is 428 g/mol. The van der Waals surface area contributed by atoms with E-state index in [9.17, 15) is 19.8 Å². The fourth-order valence-electron chi connectivity index (χ4n) is 3.39. The molecule has 2 amide bonds. The van der Waals surface area contributed by atoms with Crippen molar-refractivity contribution < 1.29 is 19.8 Å². The number of hydrogen-bond acceptors (Lipinski definition) is 6. The zero-order valence-corrected chi connectivity index (χ0v) is 17.4. The van der Waals surface area contributed by atoms with Crippen LogP contribution in [0.4, 0.5) is 0 Å². The first-order valence-corrected chi connectivity index (χ1v) is 9.78. The van der Waals surface area contributed by atoms with Gasteiger partial charge in [-0.05, 0) is 42.8 Å². The lowest BCUT2D eigenvalue weighted by molar-refractivity contribution is 0.0651. The summed E-state index contributed by atoms with van der Waals surface area (Å²) in [5, 5.41) is 25.2. The standard InChI is InChI=1S/C24H20N4O4/c1-15-7-3-4-9-19(15)28-20(10-12-26-28)16-13-17(22(30)14-21(16)29)23(31)27(2)24(32)18-8-5-6-11-25-18/h3-14,29-30H,1-2H3. The molecule has 2 aromatic carbocycles. The topological polar surface area (TPSA) is 109 Å². The number of benzene rings is 2. The molecule has 0 aliphatic carbocycles. The van der Waals surface area contributed by atoms with Crippen molar-refractivity contribution >= 4 is 11.8 Å². The van der Waals surface area contributed by atoms with E-state index >= 15 is 0 Å². The number of pyridine rings is 1. The van der Waals surface area contributed by atoms with Crippen molar-refractivity contribution in [3.8, 4) is 28.4 Å². The van der Waals surface area contributed by atoms with Crippen LogP contribution in [0.25, 0.3) is 16.9 Å². The van der Waals surface area contributed by atoms with E-state index in [1.807, 2.05) is 31.2 Å². The summed E-state index contributed by atoms with van der Waals surface area (Å²) in [4.78, 5) is 30.5. The average molecular weight is 428 g/mol. The van der Waals surface area contributed by atoms with Crippen LogP contribution in [0.5, 0.6) is 11.5 Å². The molecule has 2 aromatic heterocycles. The van der Waals surface area contributed by atoms with Gasteiger partial charge in [0.1, 0.15) is 17.2 Å². The third kappa shape index (κ3) is 3.69. The van der Waals surface area contributed by atoms with Gasteiger partial charge in [-0.15, -0.1) is 0 Å². The maximum atomic E-state index is 13.0. The van der Waals surface area contributed by atoms with Crippen molar-refractivity contribution in [3.05, 3.63) is 89.9 Å². The zero-order chi connectivity index (χ0) is 22.8. The number of phenolic OH excluding ortho intramolecular Hbond substituents is 2. The highest BCUT2D eigenvalue weighted by Crippen LogP contribution is 2.36. The SMILES string of the molecule is Cc1ccccc1-n1nccc1-c1cc(C(=O)N(C)C(=O)c2ccccn2)c(O)cc1O. The number of phenols is 2. The molecule has 0 atom stereocenters. The Balaban J connectivity index is 1.76. The third-order valence-corrected chi connectivity index (χ3v) is 5.10. The van der Waals surface area contributed by atoms with Crippen LogP contribution in [0.3, 0.4) is 0 Å². The number of aryl methyl sites for hydroxylation is 1. The van der Waals surface area contributed by atoms with Gasteiger partial charge in [-0.3, -0.25) is 19.5 Å². The Kier molecular flexibility index (Phi) is 5.43. The highest BCUT2D eigenvalue weighted by atomic mass is 16.3. The van der Waals surface area contributed by atoms with Crippen molar-refractivity contribution in [1.82, 2.24) is 19.7 Å². The van der Waals surface area contributed by atoms with Crippen LogP contribution in [-0.4, -0.2) is 48.7 Å². The summed E-state index contributed by atoms with van der Waals surface area (Å²) < 4.78 is 1.64. The highest BCUT2D eigenvalue weighted by Gasteiger charge is 2.25. The number of rotatable bonds is 4. The van der Waals surface area contributed by atoms with Gasteiger partial charge in [0.05, 0.1) is 23.1 Å². The zero-order valence-electron chi connectivity index (χ0n) is 17.4. The molecule has 32 heavy (non-hydrogen) atoms. The van der Waals surface area contributed by atoms with Crippen molar-refractivity contribution in [2.45, 2.75) is 6.92 Å². The van der Waals surface area contributed by atoms with E-state index in [4.69, 9.17) is 0 Å². The molecule has 0 aliphatic heterocycles. The van der Waals surface area contributed by atoms with Crippen LogP contribution in [0, 0.1) is 6.92 Å². The Labute approximate surface area is 184 Å². The van der Waals surface area contributed by atoms with Gasteiger partial charge in [-0.1, -0.05) is 24.3 Å². The van der Waals surface area contributed by atoms with Gasteiger partial charge in [0.25, 0.3) is 11.8 Å². The van der Waals surface area contributed by atoms with Crippen LogP contribution >= 0.6 is 0 Å². The predicted molar refractivity (Wildman–Crippen MR) is 118 cm³/mol. The van der Waals surface area contributed by atoms with Crippen LogP contribution in [-0.2, 0) is 0 Å². The summed E-state index contributed by atoms with van der Waals surface area (Å²) in [6.07, 6.45) is 3.03. The number of amides is 2. The summed E-state index contributed by atoms with van der Waals surface area (Å²) in [5.74, 6) is -2.03. The third-order valence-electron chi connectivity index (χ3n) is 5.10. The maximum Gasteiger partial charge on any atom is 0.279 e. The Morgan fingerprint density at radius 3 is 2.38 bits per heavy atom. The van der Waals surface area contributed by atoms with E-state index in [0.717, 1.165) is 22.2 Å². The quantitative estimate of drug-likeness (QED) is 0.481. The number of para-hydroxylation sites is 1. The first-order chi connectivity index (χ1) is 15.4. The highest BCUT2D eigenvalue weighted by molar-refractivity contribution is 6.11. The maximum absolute atomic E-state index is 13.0. The molecule has 8 heteroatoms. The van der Waals surface area contributed by atoms with Gasteiger partial charge >= 0.3 is 0 Å². The molecule has 2 heterocycles. The molecule has 0 saturated heterocycles. The number of hydrogen-bond donors (Lipinski definition) is 2. The molecule has 2 N–H and O–H groups in total. The molecule has 4 aromatic rings. The molecule has 0 bridgehead atoms. The lowest BCUT2D eigenvalue weighted by Crippen LogP contribution is -2.33. The lowest BCUT2D eigenvalue weighted by atomic mass is 10.0. The number of carbonyl (C=O) groups excluding carboxylic acids is 2. The van der Waals surface area contributed by atoms with Crippen molar-refractivity contribution in [2.75, 3.05) is 7.05 Å². The van der Waals surface area contributed by atoms with E-state index in [0.29, 0.717) is 5.69 Å². The summed E-state index contributed by atoms with van der Waals surface area (Å²) in [7, 11) is 1.31. The molecule has 0 spiro atoms. The molecule has 160 valence electrons. The van der Waals surface area contributed by atoms with E-state index < -0.39 is 17.6 Å². The van der Waals surface area contributed by atoms with E-state index in [1.54, 1.807) is 29.1 Å². The summed E-state index contributed by atoms with van der Waals surface area (Å²) in [6, 6.07) is 16.5. The number of aromatic hydroxyl groups is 2. The van der Waals surface area contributed by atoms with Gasteiger partial charge < -0.3 is 10.2 Å². The molecule has 4 rings (SSSR count). The molecule has 0 radical (unpaired) electrons. The van der Waals surface area contributed by atoms with Gasteiger partial charge in [0.15, 0.2) is 0 Å². The lowest BCUT2D eigenvalue weighted by Gasteiger charge is -2.17. The predicted octanol–water partition coefficient (Wildman–Crippen LogP) is 3.57. The molecule has 0 saturated carbocycles. The number of aromatic nitrogens is 3. The second kappa shape index (κ2) is 8.35. The second-order valence-electron chi connectivity index (χ2n) is 7.19. The Morgan fingerprint density at radius 2 is 1.66 bits per heavy atom. The number of nitrogens with zero attached hydrogens (tertiary/aromatic N) is 4. The molecule has 8 nitrogen and oxygen atoms in total. The van der Waals surface area contributed by atoms with Crippen molar-refractivity contribution in [2.24, 2.45) is 0 Å². The minimum atomic E-state index is -0.735. The van der Waals surface area contributed by atoms with Crippen molar-refractivity contribution in [3.63, 3.8) is 0 Å². The van der Waals surface area contributed by atoms with Crippen LogP contribution in [0.2, 0.25) is 0 Å². The van der Waals surface area contributed by atoms with Crippen LogP contribution < -0.4 is 0 Å². The molecule has 0 aliphatic rings. The normalized spacial score (nSPS) is 10.7. The van der Waals surface area contributed by atoms with E-state index in [2.05, 4.69) is 10.1 Å². The largest absolute Gasteiger partial charge is 0.507 e. The van der Waals surface area contributed by atoms with Gasteiger partial charge in [0.2, 0.25) is 0 Å². The Morgan fingerprint density at radius 1 is 0.906 bits per heavy atom. The molecular weight excluding hydrogens is 408 g/mol. The fourth-order valence-corrected chi connectivity index (χ4v) is 3.39. The minimum Gasteiger partial charge on any atom is -0.507 e. The Bertz CT molecular complexity index is 1310. The molecular formula is C24H20N4O4. The second-order valence-corrected chi connectivity index (χ2v) is 7.19. The van der Waals surface area contributed by atoms with E-state index in [1.165, 1.54) is 25.4 Å². The number of imide groups is 1. The Hall–Kier alpha value is -4.46. The fraction of sp³-hybridized carbons (Fsp3) is 0.0833. The molecule has 0 fully saturated rings. The smallest absolute Gasteiger partial charge is 0.279 e. The summed E-state index contributed by atoms with van der Waals surface area (Å²) in [6.45, 7) is 1.94. The average Bonchev–Trinajstić information content (AvgIpc) is 3.28. The van der Waals surface area contributed by atoms with Crippen LogP contribution in [0.15, 0.2) is 73.1 Å². The van der Waals surface area contributed by atoms with Crippen molar-refractivity contribution in [1.29, 1.82) is 0 Å². The summed E-state index contributed by atoms with van der Waals surface area (Å²) >= 11 is 0. The van der Waals surface area contributed by atoms with Crippen LogP contribution in [0.1, 0.15) is 26.4 Å². The summed E-state index contributed by atoms with van der Waals surface area (Å²) in [5.41, 5.74) is 2.53. The first-order valence-electron chi connectivity index (χ1n) is 9.78. The number of carbonyl (C=O) groups is 2. The van der Waals surface area contributed by atoms with E-state index in [-0.39, 0.29) is 22.6 Å². The van der Waals surface area contributed by atoms with Gasteiger partial charge in [0, 0.05) is 24.9 Å². The first kappa shape index (κ1) is 20.8.